The molecular weight excluding hydrogens is 280 g/mol. The number of nitrogens with one attached hydrogen (secondary N) is 1. The Kier molecular flexibility index (Phi) is 5.43. The molecule has 0 amide bonds. The lowest BCUT2D eigenvalue weighted by atomic mass is 10.3. The van der Waals surface area contributed by atoms with E-state index in [1.54, 1.807) is 0 Å². The number of hydrogen-bond acceptors (Lipinski definition) is 2. The first-order chi connectivity index (χ1) is 9.24. The number of rotatable bonds is 7. The fourth-order valence-electron chi connectivity index (χ4n) is 2.06. The van der Waals surface area contributed by atoms with Crippen molar-refractivity contribution in [3.05, 3.63) is 28.0 Å². The molecule has 1 N–H and O–H groups in total. The molecular formula is C14H19ClN2OS. The number of aryl methyl sites for hydroxylation is 1. The van der Waals surface area contributed by atoms with Crippen LogP contribution in [0.2, 0.25) is 5.02 Å². The van der Waals surface area contributed by atoms with Crippen LogP contribution in [0, 0.1) is 4.77 Å². The van der Waals surface area contributed by atoms with Crippen LogP contribution in [0.25, 0.3) is 11.0 Å². The number of halogens is 1. The van der Waals surface area contributed by atoms with Crippen LogP contribution in [0.3, 0.4) is 0 Å². The van der Waals surface area contributed by atoms with E-state index >= 15 is 0 Å². The first kappa shape index (κ1) is 14.6. The topological polar surface area (TPSA) is 29.9 Å². The summed E-state index contributed by atoms with van der Waals surface area (Å²) in [6.45, 7) is 4.60. The van der Waals surface area contributed by atoms with Gasteiger partial charge in [-0.25, -0.2) is 0 Å². The van der Waals surface area contributed by atoms with Crippen LogP contribution in [-0.4, -0.2) is 22.8 Å². The summed E-state index contributed by atoms with van der Waals surface area (Å²) < 4.78 is 8.33. The number of aromatic nitrogens is 2. The smallest absolute Gasteiger partial charge is 0.178 e. The number of ether oxygens (including phenoxy) is 1. The van der Waals surface area contributed by atoms with Crippen LogP contribution in [0.1, 0.15) is 26.2 Å². The van der Waals surface area contributed by atoms with Crippen molar-refractivity contribution in [2.75, 3.05) is 13.2 Å². The third kappa shape index (κ3) is 3.59. The van der Waals surface area contributed by atoms with Gasteiger partial charge in [-0.3, -0.25) is 0 Å². The Morgan fingerprint density at radius 1 is 1.32 bits per heavy atom. The van der Waals surface area contributed by atoms with Crippen LogP contribution in [0.5, 0.6) is 0 Å². The summed E-state index contributed by atoms with van der Waals surface area (Å²) in [5.41, 5.74) is 1.98. The average molecular weight is 299 g/mol. The average Bonchev–Trinajstić information content (AvgIpc) is 2.71. The number of aromatic amines is 1. The third-order valence-corrected chi connectivity index (χ3v) is 3.68. The monoisotopic (exact) mass is 298 g/mol. The quantitative estimate of drug-likeness (QED) is 0.600. The van der Waals surface area contributed by atoms with Gasteiger partial charge in [0, 0.05) is 19.8 Å². The van der Waals surface area contributed by atoms with Gasteiger partial charge in [0.25, 0.3) is 0 Å². The molecule has 2 rings (SSSR count). The maximum atomic E-state index is 6.24. The SMILES string of the molecule is CCCCOCCCn1c(=S)[nH]c2cccc(Cl)c21. The van der Waals surface area contributed by atoms with Gasteiger partial charge in [-0.05, 0) is 37.2 Å². The van der Waals surface area contributed by atoms with Crippen LogP contribution in [-0.2, 0) is 11.3 Å². The molecule has 0 radical (unpaired) electrons. The minimum absolute atomic E-state index is 0.719. The Balaban J connectivity index is 2.00. The second-order valence-electron chi connectivity index (χ2n) is 4.54. The number of benzene rings is 1. The molecule has 5 heteroatoms. The normalized spacial score (nSPS) is 11.3. The van der Waals surface area contributed by atoms with Gasteiger partial charge in [0.05, 0.1) is 16.1 Å². The number of H-pyrrole nitrogens is 1. The van der Waals surface area contributed by atoms with E-state index in [9.17, 15) is 0 Å². The van der Waals surface area contributed by atoms with E-state index in [1.165, 1.54) is 6.42 Å². The van der Waals surface area contributed by atoms with Crippen molar-refractivity contribution in [2.45, 2.75) is 32.7 Å². The molecule has 0 aliphatic heterocycles. The van der Waals surface area contributed by atoms with Crippen LogP contribution in [0.15, 0.2) is 18.2 Å². The fraction of sp³-hybridized carbons (Fsp3) is 0.500. The number of imidazole rings is 1. The highest BCUT2D eigenvalue weighted by molar-refractivity contribution is 7.71. The Morgan fingerprint density at radius 2 is 2.11 bits per heavy atom. The van der Waals surface area contributed by atoms with Crippen LogP contribution < -0.4 is 0 Å². The lowest BCUT2D eigenvalue weighted by Gasteiger charge is -2.06. The fourth-order valence-corrected chi connectivity index (χ4v) is 2.63. The molecule has 0 saturated heterocycles. The first-order valence-corrected chi connectivity index (χ1v) is 7.47. The predicted octanol–water partition coefficient (Wildman–Crippen LogP) is 4.56. The van der Waals surface area contributed by atoms with Crippen molar-refractivity contribution < 1.29 is 4.74 Å². The third-order valence-electron chi connectivity index (χ3n) is 3.06. The number of nitrogens with zero attached hydrogens (tertiary/aromatic N) is 1. The highest BCUT2D eigenvalue weighted by Crippen LogP contribution is 2.23. The minimum atomic E-state index is 0.719. The molecule has 3 nitrogen and oxygen atoms in total. The molecule has 1 heterocycles. The Bertz CT molecular complexity index is 591. The summed E-state index contributed by atoms with van der Waals surface area (Å²) in [6, 6.07) is 5.81. The summed E-state index contributed by atoms with van der Waals surface area (Å²) in [5, 5.41) is 0.733. The van der Waals surface area contributed by atoms with E-state index in [2.05, 4.69) is 16.5 Å². The van der Waals surface area contributed by atoms with E-state index in [1.807, 2.05) is 18.2 Å². The maximum absolute atomic E-state index is 6.24. The molecule has 0 fully saturated rings. The van der Waals surface area contributed by atoms with Gasteiger partial charge in [0.1, 0.15) is 0 Å². The molecule has 104 valence electrons. The number of fused-ring (bicyclic) bond motifs is 1. The molecule has 2 aromatic rings. The summed E-state index contributed by atoms with van der Waals surface area (Å²) in [4.78, 5) is 3.18. The number of para-hydroxylation sites is 1. The predicted molar refractivity (Wildman–Crippen MR) is 82.5 cm³/mol. The molecule has 19 heavy (non-hydrogen) atoms. The molecule has 1 aromatic carbocycles. The van der Waals surface area contributed by atoms with E-state index in [0.29, 0.717) is 0 Å². The molecule has 0 aliphatic carbocycles. The minimum Gasteiger partial charge on any atom is -0.381 e. The molecule has 0 bridgehead atoms. The van der Waals surface area contributed by atoms with Gasteiger partial charge in [-0.2, -0.15) is 0 Å². The summed E-state index contributed by atoms with van der Waals surface area (Å²) in [7, 11) is 0. The van der Waals surface area contributed by atoms with Gasteiger partial charge >= 0.3 is 0 Å². The van der Waals surface area contributed by atoms with Gasteiger partial charge in [0.2, 0.25) is 0 Å². The zero-order chi connectivity index (χ0) is 13.7. The van der Waals surface area contributed by atoms with E-state index < -0.39 is 0 Å². The lowest BCUT2D eigenvalue weighted by molar-refractivity contribution is 0.126. The largest absolute Gasteiger partial charge is 0.381 e. The number of unbranched alkanes of at least 4 members (excludes halogenated alkanes) is 1. The van der Waals surface area contributed by atoms with Gasteiger partial charge in [-0.15, -0.1) is 0 Å². The van der Waals surface area contributed by atoms with Crippen molar-refractivity contribution >= 4 is 34.9 Å². The molecule has 0 unspecified atom stereocenters. The van der Waals surface area contributed by atoms with Crippen LogP contribution in [0.4, 0.5) is 0 Å². The zero-order valence-corrected chi connectivity index (χ0v) is 12.7. The summed E-state index contributed by atoms with van der Waals surface area (Å²) in [5.74, 6) is 0. The van der Waals surface area contributed by atoms with E-state index in [4.69, 9.17) is 28.6 Å². The zero-order valence-electron chi connectivity index (χ0n) is 11.1. The summed E-state index contributed by atoms with van der Waals surface area (Å²) in [6.07, 6.45) is 3.23. The van der Waals surface area contributed by atoms with Gasteiger partial charge in [0.15, 0.2) is 4.77 Å². The van der Waals surface area contributed by atoms with Crippen molar-refractivity contribution in [3.8, 4) is 0 Å². The molecule has 1 aromatic heterocycles. The highest BCUT2D eigenvalue weighted by atomic mass is 35.5. The highest BCUT2D eigenvalue weighted by Gasteiger charge is 2.07. The Morgan fingerprint density at radius 3 is 2.89 bits per heavy atom. The molecule has 0 atom stereocenters. The summed E-state index contributed by atoms with van der Waals surface area (Å²) >= 11 is 11.6. The maximum Gasteiger partial charge on any atom is 0.178 e. The van der Waals surface area contributed by atoms with Crippen LogP contribution >= 0.6 is 23.8 Å². The van der Waals surface area contributed by atoms with Gasteiger partial charge < -0.3 is 14.3 Å². The van der Waals surface area contributed by atoms with Crippen molar-refractivity contribution in [2.24, 2.45) is 0 Å². The molecule has 0 spiro atoms. The van der Waals surface area contributed by atoms with Crippen molar-refractivity contribution in [1.82, 2.24) is 9.55 Å². The second kappa shape index (κ2) is 7.08. The standard InChI is InChI=1S/C14H19ClN2OS/c1-2-3-9-18-10-5-8-17-13-11(15)6-4-7-12(13)16-14(17)19/h4,6-7H,2-3,5,8-10H2,1H3,(H,16,19). The second-order valence-corrected chi connectivity index (χ2v) is 5.33. The Labute approximate surface area is 123 Å². The molecule has 0 aliphatic rings. The van der Waals surface area contributed by atoms with Gasteiger partial charge in [-0.1, -0.05) is 31.0 Å². The van der Waals surface area contributed by atoms with Crippen molar-refractivity contribution in [3.63, 3.8) is 0 Å². The lowest BCUT2D eigenvalue weighted by Crippen LogP contribution is -2.04. The molecule has 0 saturated carbocycles. The van der Waals surface area contributed by atoms with E-state index in [0.717, 1.165) is 53.4 Å². The Hall–Kier alpha value is -0.840. The first-order valence-electron chi connectivity index (χ1n) is 6.69. The van der Waals surface area contributed by atoms with Crippen molar-refractivity contribution in [1.29, 1.82) is 0 Å². The number of hydrogen-bond donors (Lipinski definition) is 1. The van der Waals surface area contributed by atoms with E-state index in [-0.39, 0.29) is 0 Å².